The van der Waals surface area contributed by atoms with Crippen LogP contribution in [0.4, 0.5) is 8.78 Å². The Morgan fingerprint density at radius 3 is 2.47 bits per heavy atom. The van der Waals surface area contributed by atoms with E-state index in [0.29, 0.717) is 18.6 Å². The molecule has 2 rings (SSSR count). The average molecular weight is 213 g/mol. The lowest BCUT2D eigenvalue weighted by Crippen LogP contribution is -2.30. The number of nitrogens with two attached hydrogens (primary N) is 1. The second-order valence-electron chi connectivity index (χ2n) is 3.85. The van der Waals surface area contributed by atoms with Crippen LogP contribution in [0.25, 0.3) is 0 Å². The fourth-order valence-corrected chi connectivity index (χ4v) is 1.82. The molecule has 15 heavy (non-hydrogen) atoms. The molecule has 2 unspecified atom stereocenters. The Morgan fingerprint density at radius 2 is 1.87 bits per heavy atom. The van der Waals surface area contributed by atoms with E-state index < -0.39 is 11.6 Å². The molecule has 1 aromatic carbocycles. The molecule has 0 aliphatic carbocycles. The Kier molecular flexibility index (Phi) is 2.98. The predicted octanol–water partition coefficient (Wildman–Crippen LogP) is 2.14. The molecule has 82 valence electrons. The van der Waals surface area contributed by atoms with Crippen molar-refractivity contribution in [2.75, 3.05) is 6.61 Å². The molecule has 1 aromatic rings. The molecule has 2 atom stereocenters. The molecule has 0 amide bonds. The van der Waals surface area contributed by atoms with Gasteiger partial charge in [0.1, 0.15) is 11.6 Å². The number of benzene rings is 1. The minimum absolute atomic E-state index is 0.0510. The van der Waals surface area contributed by atoms with E-state index in [1.54, 1.807) is 0 Å². The van der Waals surface area contributed by atoms with Gasteiger partial charge in [-0.3, -0.25) is 0 Å². The summed E-state index contributed by atoms with van der Waals surface area (Å²) in [7, 11) is 0. The van der Waals surface area contributed by atoms with Gasteiger partial charge in [-0.2, -0.15) is 0 Å². The zero-order valence-electron chi connectivity index (χ0n) is 8.25. The highest BCUT2D eigenvalue weighted by molar-refractivity contribution is 5.20. The van der Waals surface area contributed by atoms with Crippen LogP contribution in [0.1, 0.15) is 24.5 Å². The summed E-state index contributed by atoms with van der Waals surface area (Å²) in [5.74, 6) is -1.15. The number of hydrogen-bond acceptors (Lipinski definition) is 2. The molecule has 4 heteroatoms. The first-order chi connectivity index (χ1) is 7.15. The van der Waals surface area contributed by atoms with Crippen molar-refractivity contribution in [2.45, 2.75) is 25.0 Å². The zero-order chi connectivity index (χ0) is 10.8. The van der Waals surface area contributed by atoms with E-state index in [-0.39, 0.29) is 12.1 Å². The summed E-state index contributed by atoms with van der Waals surface area (Å²) in [6, 6.07) is 3.50. The van der Waals surface area contributed by atoms with Gasteiger partial charge in [0, 0.05) is 18.7 Å². The molecule has 1 fully saturated rings. The molecule has 1 saturated heterocycles. The van der Waals surface area contributed by atoms with Gasteiger partial charge in [0.25, 0.3) is 0 Å². The maximum atomic E-state index is 13.0. The van der Waals surface area contributed by atoms with Crippen LogP contribution in [0.15, 0.2) is 18.2 Å². The molecule has 0 spiro atoms. The standard InChI is InChI=1S/C11H13F2NO/c12-8-3-7(4-9(13)5-8)11-6-10(14)1-2-15-11/h3-5,10-11H,1-2,6,14H2. The largest absolute Gasteiger partial charge is 0.373 e. The third-order valence-corrected chi connectivity index (χ3v) is 2.58. The Balaban J connectivity index is 2.20. The molecule has 2 N–H and O–H groups in total. The monoisotopic (exact) mass is 213 g/mol. The number of ether oxygens (including phenoxy) is 1. The van der Waals surface area contributed by atoms with Gasteiger partial charge >= 0.3 is 0 Å². The van der Waals surface area contributed by atoms with Crippen molar-refractivity contribution in [1.29, 1.82) is 0 Å². The van der Waals surface area contributed by atoms with Gasteiger partial charge in [0.15, 0.2) is 0 Å². The zero-order valence-corrected chi connectivity index (χ0v) is 8.25. The average Bonchev–Trinajstić information content (AvgIpc) is 2.16. The van der Waals surface area contributed by atoms with Crippen LogP contribution < -0.4 is 5.73 Å². The second-order valence-corrected chi connectivity index (χ2v) is 3.85. The first-order valence-corrected chi connectivity index (χ1v) is 4.98. The summed E-state index contributed by atoms with van der Waals surface area (Å²) in [5, 5.41) is 0. The number of halogens is 2. The predicted molar refractivity (Wildman–Crippen MR) is 52.3 cm³/mol. The van der Waals surface area contributed by atoms with E-state index in [4.69, 9.17) is 10.5 Å². The van der Waals surface area contributed by atoms with Crippen molar-refractivity contribution in [3.63, 3.8) is 0 Å². The van der Waals surface area contributed by atoms with Gasteiger partial charge in [-0.25, -0.2) is 8.78 Å². The third kappa shape index (κ3) is 2.52. The van der Waals surface area contributed by atoms with Crippen LogP contribution in [0.3, 0.4) is 0 Å². The highest BCUT2D eigenvalue weighted by atomic mass is 19.1. The van der Waals surface area contributed by atoms with E-state index in [2.05, 4.69) is 0 Å². The first kappa shape index (κ1) is 10.5. The minimum Gasteiger partial charge on any atom is -0.373 e. The molecule has 2 nitrogen and oxygen atoms in total. The van der Waals surface area contributed by atoms with Crippen molar-refractivity contribution in [2.24, 2.45) is 5.73 Å². The fourth-order valence-electron chi connectivity index (χ4n) is 1.82. The van der Waals surface area contributed by atoms with Gasteiger partial charge in [-0.1, -0.05) is 0 Å². The maximum Gasteiger partial charge on any atom is 0.126 e. The topological polar surface area (TPSA) is 35.2 Å². The molecule has 0 saturated carbocycles. The normalized spacial score (nSPS) is 26.6. The molecule has 0 bridgehead atoms. The van der Waals surface area contributed by atoms with Gasteiger partial charge in [0.2, 0.25) is 0 Å². The van der Waals surface area contributed by atoms with Crippen molar-refractivity contribution >= 4 is 0 Å². The van der Waals surface area contributed by atoms with Gasteiger partial charge in [-0.15, -0.1) is 0 Å². The summed E-state index contributed by atoms with van der Waals surface area (Å²) in [6.07, 6.45) is 1.14. The lowest BCUT2D eigenvalue weighted by molar-refractivity contribution is 0.00633. The molecule has 0 radical (unpaired) electrons. The Hall–Kier alpha value is -1.00. The molecule has 1 heterocycles. The van der Waals surface area contributed by atoms with Crippen LogP contribution in [0.2, 0.25) is 0 Å². The minimum atomic E-state index is -0.576. The smallest absolute Gasteiger partial charge is 0.126 e. The SMILES string of the molecule is NC1CCOC(c2cc(F)cc(F)c2)C1. The molecule has 1 aliphatic rings. The van der Waals surface area contributed by atoms with Gasteiger partial charge in [-0.05, 0) is 30.5 Å². The van der Waals surface area contributed by atoms with Crippen LogP contribution in [-0.2, 0) is 4.74 Å². The van der Waals surface area contributed by atoms with E-state index in [9.17, 15) is 8.78 Å². The molecular formula is C11H13F2NO. The van der Waals surface area contributed by atoms with Crippen LogP contribution in [0, 0.1) is 11.6 Å². The molecule has 0 aromatic heterocycles. The molecule has 1 aliphatic heterocycles. The summed E-state index contributed by atoms with van der Waals surface area (Å²) in [5.41, 5.74) is 6.30. The van der Waals surface area contributed by atoms with Crippen molar-refractivity contribution in [1.82, 2.24) is 0 Å². The Bertz CT molecular complexity index is 336. The van der Waals surface area contributed by atoms with Crippen molar-refractivity contribution < 1.29 is 13.5 Å². The quantitative estimate of drug-likeness (QED) is 0.775. The lowest BCUT2D eigenvalue weighted by Gasteiger charge is -2.27. The first-order valence-electron chi connectivity index (χ1n) is 4.98. The Labute approximate surface area is 87.0 Å². The summed E-state index contributed by atoms with van der Waals surface area (Å²) in [6.45, 7) is 0.546. The van der Waals surface area contributed by atoms with Crippen LogP contribution in [0.5, 0.6) is 0 Å². The van der Waals surface area contributed by atoms with Gasteiger partial charge in [0.05, 0.1) is 6.10 Å². The number of rotatable bonds is 1. The van der Waals surface area contributed by atoms with Crippen molar-refractivity contribution in [3.8, 4) is 0 Å². The highest BCUT2D eigenvalue weighted by Crippen LogP contribution is 2.28. The fraction of sp³-hybridized carbons (Fsp3) is 0.455. The van der Waals surface area contributed by atoms with Crippen LogP contribution in [-0.4, -0.2) is 12.6 Å². The van der Waals surface area contributed by atoms with E-state index in [1.807, 2.05) is 0 Å². The maximum absolute atomic E-state index is 13.0. The summed E-state index contributed by atoms with van der Waals surface area (Å²) in [4.78, 5) is 0. The highest BCUT2D eigenvalue weighted by Gasteiger charge is 2.22. The van der Waals surface area contributed by atoms with Gasteiger partial charge < -0.3 is 10.5 Å². The van der Waals surface area contributed by atoms with E-state index in [1.165, 1.54) is 12.1 Å². The van der Waals surface area contributed by atoms with Crippen molar-refractivity contribution in [3.05, 3.63) is 35.4 Å². The third-order valence-electron chi connectivity index (χ3n) is 2.58. The Morgan fingerprint density at radius 1 is 1.20 bits per heavy atom. The van der Waals surface area contributed by atoms with E-state index in [0.717, 1.165) is 12.5 Å². The second kappa shape index (κ2) is 4.24. The number of hydrogen-bond donors (Lipinski definition) is 1. The molecular weight excluding hydrogens is 200 g/mol. The summed E-state index contributed by atoms with van der Waals surface area (Å²) >= 11 is 0. The lowest BCUT2D eigenvalue weighted by atomic mass is 9.98. The van der Waals surface area contributed by atoms with E-state index >= 15 is 0 Å². The summed E-state index contributed by atoms with van der Waals surface area (Å²) < 4.78 is 31.3. The van der Waals surface area contributed by atoms with Crippen LogP contribution >= 0.6 is 0 Å².